The molecule has 0 bridgehead atoms. The Bertz CT molecular complexity index is 2230. The molecule has 0 radical (unpaired) electrons. The molecule has 1 aliphatic rings. The van der Waals surface area contributed by atoms with Crippen LogP contribution in [0.15, 0.2) is 83.4 Å². The first-order valence-corrected chi connectivity index (χ1v) is 29.1. The first-order valence-electron chi connectivity index (χ1n) is 27.7. The number of carboxylic acid groups (broad SMARTS) is 1. The van der Waals surface area contributed by atoms with Crippen LogP contribution in [0.25, 0.3) is 5.57 Å². The maximum atomic E-state index is 12.2. The summed E-state index contributed by atoms with van der Waals surface area (Å²) >= 11 is 0. The molecule has 0 atom stereocenters. The Morgan fingerprint density at radius 2 is 1.10 bits per heavy atom. The van der Waals surface area contributed by atoms with E-state index in [4.69, 9.17) is 61.9 Å². The number of hydrogen-bond acceptors (Lipinski definition) is 18. The van der Waals surface area contributed by atoms with Gasteiger partial charge in [0.15, 0.2) is 0 Å². The summed E-state index contributed by atoms with van der Waals surface area (Å²) in [4.78, 5) is 15.2. The number of carboxylic acids is 1. The van der Waals surface area contributed by atoms with Gasteiger partial charge in [0.05, 0.1) is 150 Å². The summed E-state index contributed by atoms with van der Waals surface area (Å²) in [5.41, 5.74) is 4.44. The number of allylic oxidation sites excluding steroid dienone is 7. The largest absolute Gasteiger partial charge is 0.507 e. The van der Waals surface area contributed by atoms with Crippen molar-refractivity contribution in [1.82, 2.24) is 0 Å². The Balaban J connectivity index is 1.65. The molecule has 0 spiro atoms. The molecule has 0 aromatic heterocycles. The minimum absolute atomic E-state index is 0.0894. The van der Waals surface area contributed by atoms with Crippen LogP contribution in [0, 0.1) is 5.41 Å². The highest BCUT2D eigenvalue weighted by Gasteiger charge is 2.40. The van der Waals surface area contributed by atoms with Crippen LogP contribution in [-0.2, 0) is 77.2 Å². The van der Waals surface area contributed by atoms with Gasteiger partial charge in [-0.2, -0.15) is 8.42 Å². The third kappa shape index (κ3) is 28.1. The number of ether oxygens (including phenoxy) is 12. The van der Waals surface area contributed by atoms with Crippen molar-refractivity contribution in [2.24, 2.45) is 5.41 Å². The van der Waals surface area contributed by atoms with Gasteiger partial charge in [-0.25, -0.2) is 0 Å². The quantitative estimate of drug-likeness (QED) is 0.0326. The van der Waals surface area contributed by atoms with E-state index in [0.717, 1.165) is 28.2 Å². The molecule has 0 unspecified atom stereocenters. The van der Waals surface area contributed by atoms with Crippen LogP contribution in [0.1, 0.15) is 71.4 Å². The lowest BCUT2D eigenvalue weighted by Crippen LogP contribution is -2.31. The Morgan fingerprint density at radius 1 is 0.650 bits per heavy atom. The molecule has 3 N–H and O–H groups in total. The Morgan fingerprint density at radius 3 is 1.51 bits per heavy atom. The number of nitrogens with zero attached hydrogens (tertiary/aromatic N) is 2. The van der Waals surface area contributed by atoms with Crippen molar-refractivity contribution in [2.75, 3.05) is 189 Å². The van der Waals surface area contributed by atoms with Gasteiger partial charge in [0, 0.05) is 74.4 Å². The summed E-state index contributed by atoms with van der Waals surface area (Å²) in [5, 5.41) is 20.9. The molecule has 2 aromatic carbocycles. The van der Waals surface area contributed by atoms with Crippen LogP contribution in [0.2, 0.25) is 0 Å². The molecule has 21 heteroatoms. The third-order valence-corrected chi connectivity index (χ3v) is 13.5. The van der Waals surface area contributed by atoms with Gasteiger partial charge in [0.1, 0.15) is 5.75 Å². The van der Waals surface area contributed by atoms with Crippen molar-refractivity contribution in [3.05, 3.63) is 89.7 Å². The van der Waals surface area contributed by atoms with E-state index < -0.39 is 26.9 Å². The molecular weight excluding hydrogens is 1060 g/mol. The van der Waals surface area contributed by atoms with E-state index in [1.807, 2.05) is 50.3 Å². The maximum Gasteiger partial charge on any atom is 0.303 e. The summed E-state index contributed by atoms with van der Waals surface area (Å²) in [6.07, 6.45) is 9.80. The Kier molecular flexibility index (Phi) is 35.0. The molecule has 0 aliphatic carbocycles. The minimum atomic E-state index is -4.44. The molecule has 0 saturated heterocycles. The topological polar surface area (TPSA) is 229 Å². The Labute approximate surface area is 476 Å². The zero-order valence-electron chi connectivity index (χ0n) is 48.8. The summed E-state index contributed by atoms with van der Waals surface area (Å²) in [6, 6.07) is 10.3. The van der Waals surface area contributed by atoms with Gasteiger partial charge in [-0.1, -0.05) is 65.8 Å². The summed E-state index contributed by atoms with van der Waals surface area (Å²) in [5.74, 6) is -0.732. The molecular formula is C59H94N2O18S. The third-order valence-electron chi connectivity index (χ3n) is 12.6. The fourth-order valence-electron chi connectivity index (χ4n) is 8.39. The van der Waals surface area contributed by atoms with E-state index >= 15 is 0 Å². The van der Waals surface area contributed by atoms with Crippen molar-refractivity contribution in [2.45, 2.75) is 70.6 Å². The molecule has 0 fully saturated rings. The second-order valence-corrected chi connectivity index (χ2v) is 21.6. The van der Waals surface area contributed by atoms with E-state index in [1.54, 1.807) is 26.4 Å². The lowest BCUT2D eigenvalue weighted by atomic mass is 9.80. The fraction of sp³-hybridized carbons (Fsp3) is 0.644. The minimum Gasteiger partial charge on any atom is -0.507 e. The maximum absolute atomic E-state index is 12.2. The normalized spacial score (nSPS) is 14.2. The van der Waals surface area contributed by atoms with E-state index in [1.165, 1.54) is 12.1 Å². The van der Waals surface area contributed by atoms with Crippen molar-refractivity contribution in [1.29, 1.82) is 0 Å². The number of fused-ring (bicyclic) bond motifs is 1. The first kappa shape index (κ1) is 70.0. The lowest BCUT2D eigenvalue weighted by Gasteiger charge is -2.28. The molecule has 0 amide bonds. The molecule has 20 nitrogen and oxygen atoms in total. The number of rotatable bonds is 48. The number of phenols is 1. The fourth-order valence-corrected chi connectivity index (χ4v) is 8.89. The lowest BCUT2D eigenvalue weighted by molar-refractivity contribution is -0.137. The van der Waals surface area contributed by atoms with Gasteiger partial charge >= 0.3 is 5.97 Å². The van der Waals surface area contributed by atoms with Crippen LogP contribution >= 0.6 is 0 Å². The van der Waals surface area contributed by atoms with Crippen LogP contribution in [0.5, 0.6) is 5.75 Å². The average molecular weight is 1150 g/mol. The number of benzene rings is 2. The van der Waals surface area contributed by atoms with Gasteiger partial charge in [-0.15, -0.1) is 0 Å². The summed E-state index contributed by atoms with van der Waals surface area (Å²) in [7, 11) is -1.17. The SMILES string of the molecule is C=C(/C=C(\c1ccc(N(CCOCCOCCOCCOCCOCCOC)CCOCCOCCOCCOCCOCCOC)cc1O)C(C)(C)C)/C=C/C=C1/N(CCCCCC(=O)O)c2ccc(S(=O)(=O)O)cc2C1(C)C. The number of carbonyl (C=O) groups is 1. The molecule has 1 aliphatic heterocycles. The highest BCUT2D eigenvalue weighted by atomic mass is 32.2. The van der Waals surface area contributed by atoms with Crippen molar-refractivity contribution >= 4 is 33.0 Å². The van der Waals surface area contributed by atoms with Gasteiger partial charge in [0.25, 0.3) is 10.1 Å². The highest BCUT2D eigenvalue weighted by molar-refractivity contribution is 7.85. The van der Waals surface area contributed by atoms with Gasteiger partial charge in [-0.3, -0.25) is 9.35 Å². The summed E-state index contributed by atoms with van der Waals surface area (Å²) < 4.78 is 100. The second-order valence-electron chi connectivity index (χ2n) is 20.2. The van der Waals surface area contributed by atoms with Crippen LogP contribution in [0.3, 0.4) is 0 Å². The van der Waals surface area contributed by atoms with Gasteiger partial charge in [-0.05, 0) is 71.4 Å². The number of unbranched alkanes of at least 4 members (excludes halogenated alkanes) is 2. The van der Waals surface area contributed by atoms with Crippen LogP contribution < -0.4 is 9.80 Å². The number of aromatic hydroxyl groups is 1. The number of anilines is 2. The number of hydrogen-bond donors (Lipinski definition) is 3. The monoisotopic (exact) mass is 1150 g/mol. The molecule has 80 heavy (non-hydrogen) atoms. The smallest absolute Gasteiger partial charge is 0.303 e. The number of aliphatic carboxylic acids is 1. The van der Waals surface area contributed by atoms with Gasteiger partial charge in [0.2, 0.25) is 0 Å². The summed E-state index contributed by atoms with van der Waals surface area (Å²) in [6.45, 7) is 26.5. The van der Waals surface area contributed by atoms with Crippen molar-refractivity contribution in [3.8, 4) is 5.75 Å². The van der Waals surface area contributed by atoms with Gasteiger partial charge < -0.3 is 76.9 Å². The average Bonchev–Trinajstić information content (AvgIpc) is 3.62. The van der Waals surface area contributed by atoms with E-state index in [-0.39, 0.29) is 17.1 Å². The number of phenolic OH excluding ortho intramolecular Hbond substituents is 1. The van der Waals surface area contributed by atoms with Crippen LogP contribution in [-0.4, -0.2) is 208 Å². The zero-order valence-corrected chi connectivity index (χ0v) is 49.6. The number of methoxy groups -OCH3 is 2. The first-order chi connectivity index (χ1) is 38.4. The Hall–Kier alpha value is -4.30. The molecule has 1 heterocycles. The standard InChI is InChI=1S/C59H94N2O18S/c1-48(13-12-14-56-59(5,6)53-47-50(80(65,66)67)17-19-54(53)61(56)20-11-9-10-15-57(63)64)45-52(58(2,3)4)51-18-16-49(46-55(51)62)60(21-23-70-29-31-74-37-39-78-43-41-76-35-33-72-27-25-68-7)22-24-71-30-32-75-38-40-79-44-42-77-36-34-73-28-26-69-8/h12-14,16-19,45-47,62H,1,9-11,15,20-44H2,2-8H3,(H,63,64)(H,65,66,67)/b13-12+,52-45+,56-14+. The second kappa shape index (κ2) is 40.0. The predicted molar refractivity (Wildman–Crippen MR) is 309 cm³/mol. The predicted octanol–water partition coefficient (Wildman–Crippen LogP) is 7.77. The van der Waals surface area contributed by atoms with Crippen LogP contribution in [0.4, 0.5) is 11.4 Å². The van der Waals surface area contributed by atoms with Crippen molar-refractivity contribution in [3.63, 3.8) is 0 Å². The molecule has 2 aromatic rings. The van der Waals surface area contributed by atoms with Crippen molar-refractivity contribution < 1.29 is 84.8 Å². The zero-order chi connectivity index (χ0) is 58.5. The van der Waals surface area contributed by atoms with E-state index in [2.05, 4.69) is 37.1 Å². The highest BCUT2D eigenvalue weighted by Crippen LogP contribution is 2.49. The van der Waals surface area contributed by atoms with E-state index in [0.29, 0.717) is 195 Å². The molecule has 454 valence electrons. The molecule has 3 rings (SSSR count). The molecule has 0 saturated carbocycles. The van der Waals surface area contributed by atoms with E-state index in [9.17, 15) is 22.9 Å².